The van der Waals surface area contributed by atoms with Gasteiger partial charge in [-0.2, -0.15) is 18.2 Å². The summed E-state index contributed by atoms with van der Waals surface area (Å²) < 4.78 is 15.7. The van der Waals surface area contributed by atoms with Crippen LogP contribution >= 0.6 is 0 Å². The van der Waals surface area contributed by atoms with Gasteiger partial charge in [0.2, 0.25) is 0 Å². The van der Waals surface area contributed by atoms with E-state index >= 15 is 0 Å². The Morgan fingerprint density at radius 3 is 1.81 bits per heavy atom. The summed E-state index contributed by atoms with van der Waals surface area (Å²) in [5.74, 6) is 2.27. The van der Waals surface area contributed by atoms with Gasteiger partial charge in [-0.3, -0.25) is 4.57 Å². The molecule has 0 radical (unpaired) electrons. The predicted octanol–water partition coefficient (Wildman–Crippen LogP) is 16.2. The van der Waals surface area contributed by atoms with Crippen LogP contribution in [0.2, 0.25) is 0 Å². The maximum atomic E-state index is 6.80. The first-order valence-corrected chi connectivity index (χ1v) is 24.6. The third-order valence-electron chi connectivity index (χ3n) is 14.5. The zero-order chi connectivity index (χ0) is 48.5. The van der Waals surface area contributed by atoms with Crippen molar-refractivity contribution in [1.82, 2.24) is 18.7 Å². The van der Waals surface area contributed by atoms with Crippen LogP contribution in [0, 0.1) is 23.9 Å². The van der Waals surface area contributed by atoms with Crippen molar-refractivity contribution in [1.29, 1.82) is 0 Å². The number of rotatable bonds is 9. The van der Waals surface area contributed by atoms with Gasteiger partial charge in [0.1, 0.15) is 5.82 Å². The van der Waals surface area contributed by atoms with Crippen LogP contribution < -0.4 is 9.30 Å². The van der Waals surface area contributed by atoms with Gasteiger partial charge in [-0.25, -0.2) is 4.98 Å². The number of aromatic nitrogens is 5. The van der Waals surface area contributed by atoms with Gasteiger partial charge in [0.15, 0.2) is 0 Å². The summed E-state index contributed by atoms with van der Waals surface area (Å²) in [6.07, 6.45) is 5.72. The molecule has 9 aromatic carbocycles. The smallest absolute Gasteiger partial charge is 0.268 e. The summed E-state index contributed by atoms with van der Waals surface area (Å²) in [4.78, 5) is 5.04. The number of para-hydroxylation sites is 5. The van der Waals surface area contributed by atoms with Crippen LogP contribution in [-0.4, -0.2) is 18.7 Å². The molecule has 7 heteroatoms. The van der Waals surface area contributed by atoms with Crippen molar-refractivity contribution in [3.63, 3.8) is 0 Å². The van der Waals surface area contributed by atoms with E-state index in [2.05, 4.69) is 259 Å². The largest absolute Gasteiger partial charge is 0.510 e. The molecule has 73 heavy (non-hydrogen) atoms. The van der Waals surface area contributed by atoms with Crippen LogP contribution in [-0.2, 0) is 21.1 Å². The molecule has 1 atom stereocenters. The fourth-order valence-corrected chi connectivity index (χ4v) is 10.5. The standard InChI is InChI=1S/C66H49N5O.Pt/c1-44(66(2,3)4)47-37-38-67-64(39-47)71-60-36-33-49(70-58-29-13-11-25-54(58)55-26-12-14-30-59(55)70)41-57(60)56-35-34-51(42-63(56)71)72-50-24-17-23-48(40-50)68-43-69(62-32-16-15-31-61(62)68)65-52(45-19-7-5-8-20-45)27-18-28-53(65)46-21-9-6-10-22-46;/h5-39,41,44H,1-4H3;/q-2;. The Kier molecular flexibility index (Phi) is 11.5. The summed E-state index contributed by atoms with van der Waals surface area (Å²) in [6, 6.07) is 82.1. The van der Waals surface area contributed by atoms with Gasteiger partial charge in [0, 0.05) is 60.7 Å². The van der Waals surface area contributed by atoms with Gasteiger partial charge in [-0.15, -0.1) is 29.7 Å². The van der Waals surface area contributed by atoms with Crippen molar-refractivity contribution in [2.24, 2.45) is 5.41 Å². The normalized spacial score (nSPS) is 12.2. The summed E-state index contributed by atoms with van der Waals surface area (Å²) in [7, 11) is 0. The molecule has 0 amide bonds. The number of benzene rings is 9. The zero-order valence-corrected chi connectivity index (χ0v) is 43.1. The fourth-order valence-electron chi connectivity index (χ4n) is 10.5. The topological polar surface area (TPSA) is 40.8 Å². The van der Waals surface area contributed by atoms with E-state index in [0.717, 1.165) is 78.0 Å². The molecule has 0 saturated carbocycles. The Hall–Kier alpha value is -8.31. The first-order chi connectivity index (χ1) is 35.3. The predicted molar refractivity (Wildman–Crippen MR) is 293 cm³/mol. The monoisotopic (exact) mass is 1120 g/mol. The number of hydrogen-bond acceptors (Lipinski definition) is 2. The zero-order valence-electron chi connectivity index (χ0n) is 40.8. The van der Waals surface area contributed by atoms with E-state index < -0.39 is 0 Å². The second-order valence-electron chi connectivity index (χ2n) is 19.7. The minimum Gasteiger partial charge on any atom is -0.510 e. The molecule has 0 saturated heterocycles. The van der Waals surface area contributed by atoms with E-state index in [-0.39, 0.29) is 26.5 Å². The molecule has 0 spiro atoms. The van der Waals surface area contributed by atoms with Crippen LogP contribution in [0.3, 0.4) is 0 Å². The van der Waals surface area contributed by atoms with Gasteiger partial charge in [0.25, 0.3) is 6.33 Å². The molecule has 13 rings (SSSR count). The maximum Gasteiger partial charge on any atom is 0.268 e. The summed E-state index contributed by atoms with van der Waals surface area (Å²) >= 11 is 0. The molecule has 0 aliphatic heterocycles. The van der Waals surface area contributed by atoms with Crippen molar-refractivity contribution in [3.8, 4) is 56.6 Å². The minimum absolute atomic E-state index is 0. The molecule has 0 aliphatic carbocycles. The first-order valence-electron chi connectivity index (χ1n) is 24.6. The number of fused-ring (bicyclic) bond motifs is 7. The number of imidazole rings is 1. The Morgan fingerprint density at radius 1 is 0.521 bits per heavy atom. The van der Waals surface area contributed by atoms with Crippen LogP contribution in [0.5, 0.6) is 11.5 Å². The fraction of sp³-hybridized carbons (Fsp3) is 0.0909. The van der Waals surface area contributed by atoms with E-state index in [1.807, 2.05) is 24.4 Å². The van der Waals surface area contributed by atoms with Gasteiger partial charge in [0.05, 0.1) is 27.8 Å². The summed E-state index contributed by atoms with van der Waals surface area (Å²) in [5, 5.41) is 4.61. The van der Waals surface area contributed by atoms with E-state index in [0.29, 0.717) is 17.4 Å². The number of hydrogen-bond donors (Lipinski definition) is 0. The molecule has 4 aromatic heterocycles. The van der Waals surface area contributed by atoms with Gasteiger partial charge in [-0.05, 0) is 92.7 Å². The summed E-state index contributed by atoms with van der Waals surface area (Å²) in [6.45, 7) is 9.17. The van der Waals surface area contributed by atoms with Crippen molar-refractivity contribution in [2.75, 3.05) is 0 Å². The van der Waals surface area contributed by atoms with Crippen molar-refractivity contribution in [3.05, 3.63) is 243 Å². The van der Waals surface area contributed by atoms with Crippen LogP contribution in [0.4, 0.5) is 0 Å². The molecule has 0 fully saturated rings. The molecular formula is C66H49N5OPt-2. The van der Waals surface area contributed by atoms with E-state index in [9.17, 15) is 0 Å². The Labute approximate surface area is 439 Å². The Morgan fingerprint density at radius 2 is 1.12 bits per heavy atom. The van der Waals surface area contributed by atoms with Gasteiger partial charge >= 0.3 is 0 Å². The first kappa shape index (κ1) is 45.8. The molecular weight excluding hydrogens is 1070 g/mol. The SMILES string of the molecule is CC(c1ccnc(-n2c3[c-]c(Oc4[c-]c(-n5[c-][n+](-c6c(-c7ccccc7)cccc6-c6ccccc6)c6ccccc65)ccc4)ccc3c3cc(-n4c5ccccc5c5ccccc54)ccc32)c1)C(C)(C)C.[Pt]. The molecule has 0 bridgehead atoms. The van der Waals surface area contributed by atoms with E-state index in [1.54, 1.807) is 0 Å². The van der Waals surface area contributed by atoms with Crippen LogP contribution in [0.15, 0.2) is 219 Å². The molecule has 4 heterocycles. The molecule has 13 aromatic rings. The van der Waals surface area contributed by atoms with Crippen molar-refractivity contribution >= 4 is 54.6 Å². The molecule has 1 unspecified atom stereocenters. The quantitative estimate of drug-likeness (QED) is 0.107. The number of nitrogens with zero attached hydrogens (tertiary/aromatic N) is 5. The molecule has 0 N–H and O–H groups in total. The molecule has 0 aliphatic rings. The van der Waals surface area contributed by atoms with Crippen LogP contribution in [0.1, 0.15) is 39.2 Å². The average molecular weight is 1120 g/mol. The molecule has 356 valence electrons. The maximum absolute atomic E-state index is 6.80. The summed E-state index contributed by atoms with van der Waals surface area (Å²) in [5.41, 5.74) is 15.0. The Balaban J connectivity index is 0.00000543. The Bertz CT molecular complexity index is 4090. The minimum atomic E-state index is 0. The second-order valence-corrected chi connectivity index (χ2v) is 19.7. The van der Waals surface area contributed by atoms with E-state index in [1.165, 1.54) is 27.4 Å². The third-order valence-corrected chi connectivity index (χ3v) is 14.5. The third kappa shape index (κ3) is 7.94. The van der Waals surface area contributed by atoms with E-state index in [4.69, 9.17) is 9.72 Å². The van der Waals surface area contributed by atoms with Crippen LogP contribution in [0.25, 0.3) is 99.8 Å². The van der Waals surface area contributed by atoms with Crippen molar-refractivity contribution < 1.29 is 30.4 Å². The van der Waals surface area contributed by atoms with Gasteiger partial charge in [-0.1, -0.05) is 173 Å². The van der Waals surface area contributed by atoms with Crippen molar-refractivity contribution in [2.45, 2.75) is 33.6 Å². The average Bonchev–Trinajstić information content (AvgIpc) is 4.08. The number of ether oxygens (including phenoxy) is 1. The molecule has 6 nitrogen and oxygen atoms in total. The second kappa shape index (κ2) is 18.4. The van der Waals surface area contributed by atoms with Gasteiger partial charge < -0.3 is 18.4 Å². The number of pyridine rings is 1.